The zero-order chi connectivity index (χ0) is 12.9. The molecule has 3 heteroatoms. The molecule has 0 bridgehead atoms. The third-order valence-corrected chi connectivity index (χ3v) is 2.32. The van der Waals surface area contributed by atoms with Crippen molar-refractivity contribution < 1.29 is 14.9 Å². The summed E-state index contributed by atoms with van der Waals surface area (Å²) in [5.74, 6) is 0.801. The van der Waals surface area contributed by atoms with Gasteiger partial charge >= 0.3 is 0 Å². The quantitative estimate of drug-likeness (QED) is 0.829. The molecular formula is C14H22O3. The van der Waals surface area contributed by atoms with Crippen LogP contribution in [0.5, 0.6) is 5.75 Å². The van der Waals surface area contributed by atoms with Gasteiger partial charge in [-0.05, 0) is 51.3 Å². The summed E-state index contributed by atoms with van der Waals surface area (Å²) >= 11 is 0. The van der Waals surface area contributed by atoms with Gasteiger partial charge in [0.05, 0.1) is 6.10 Å². The van der Waals surface area contributed by atoms with E-state index in [1.807, 2.05) is 45.0 Å². The predicted molar refractivity (Wildman–Crippen MR) is 68.1 cm³/mol. The molecule has 1 unspecified atom stereocenters. The maximum Gasteiger partial charge on any atom is 0.120 e. The van der Waals surface area contributed by atoms with E-state index < -0.39 is 6.10 Å². The summed E-state index contributed by atoms with van der Waals surface area (Å²) in [5.41, 5.74) is 0.650. The summed E-state index contributed by atoms with van der Waals surface area (Å²) in [7, 11) is 0. The van der Waals surface area contributed by atoms with Gasteiger partial charge in [0.2, 0.25) is 0 Å². The number of ether oxygens (including phenoxy) is 1. The van der Waals surface area contributed by atoms with Crippen molar-refractivity contribution in [3.63, 3.8) is 0 Å². The first kappa shape index (κ1) is 14.0. The van der Waals surface area contributed by atoms with Crippen molar-refractivity contribution in [1.82, 2.24) is 0 Å². The monoisotopic (exact) mass is 238 g/mol. The van der Waals surface area contributed by atoms with Gasteiger partial charge in [-0.3, -0.25) is 0 Å². The van der Waals surface area contributed by atoms with Gasteiger partial charge < -0.3 is 14.9 Å². The largest absolute Gasteiger partial charge is 0.488 e. The molecule has 2 N–H and O–H groups in total. The van der Waals surface area contributed by atoms with E-state index in [9.17, 15) is 5.11 Å². The van der Waals surface area contributed by atoms with Crippen LogP contribution in [0.15, 0.2) is 24.3 Å². The van der Waals surface area contributed by atoms with Gasteiger partial charge in [-0.25, -0.2) is 0 Å². The molecule has 0 aliphatic heterocycles. The summed E-state index contributed by atoms with van der Waals surface area (Å²) in [6, 6.07) is 7.46. The first-order valence-corrected chi connectivity index (χ1v) is 6.00. The van der Waals surface area contributed by atoms with E-state index in [1.54, 1.807) is 0 Å². The predicted octanol–water partition coefficient (Wildman–Crippen LogP) is 2.67. The minimum absolute atomic E-state index is 0.113. The van der Waals surface area contributed by atoms with Crippen molar-refractivity contribution in [2.45, 2.75) is 45.3 Å². The van der Waals surface area contributed by atoms with E-state index in [-0.39, 0.29) is 12.2 Å². The van der Waals surface area contributed by atoms with Gasteiger partial charge in [-0.15, -0.1) is 0 Å². The average molecular weight is 238 g/mol. The second kappa shape index (κ2) is 6.03. The fourth-order valence-corrected chi connectivity index (χ4v) is 1.56. The Labute approximate surface area is 103 Å². The molecule has 0 radical (unpaired) electrons. The van der Waals surface area contributed by atoms with Crippen LogP contribution >= 0.6 is 0 Å². The Balaban J connectivity index is 2.61. The van der Waals surface area contributed by atoms with Crippen molar-refractivity contribution in [2.24, 2.45) is 0 Å². The van der Waals surface area contributed by atoms with Gasteiger partial charge in [0.15, 0.2) is 0 Å². The fraction of sp³-hybridized carbons (Fsp3) is 0.571. The third kappa shape index (κ3) is 5.20. The molecule has 3 nitrogen and oxygen atoms in total. The number of hydrogen-bond donors (Lipinski definition) is 2. The molecule has 0 aliphatic carbocycles. The van der Waals surface area contributed by atoms with E-state index in [2.05, 4.69) is 0 Å². The molecule has 1 atom stereocenters. The highest BCUT2D eigenvalue weighted by Gasteiger charge is 2.12. The lowest BCUT2D eigenvalue weighted by molar-refractivity contribution is 0.130. The number of aliphatic hydroxyl groups excluding tert-OH is 2. The van der Waals surface area contributed by atoms with E-state index in [4.69, 9.17) is 9.84 Å². The number of hydrogen-bond acceptors (Lipinski definition) is 3. The molecule has 1 aromatic carbocycles. The molecule has 0 amide bonds. The lowest BCUT2D eigenvalue weighted by Crippen LogP contribution is -2.22. The van der Waals surface area contributed by atoms with E-state index in [1.165, 1.54) is 0 Å². The third-order valence-electron chi connectivity index (χ3n) is 2.32. The summed E-state index contributed by atoms with van der Waals surface area (Å²) in [6.45, 7) is 6.10. The van der Waals surface area contributed by atoms with Crippen LogP contribution < -0.4 is 4.74 Å². The van der Waals surface area contributed by atoms with Crippen LogP contribution in [0.2, 0.25) is 0 Å². The summed E-state index contributed by atoms with van der Waals surface area (Å²) in [4.78, 5) is 0. The van der Waals surface area contributed by atoms with Gasteiger partial charge in [-0.2, -0.15) is 0 Å². The number of aliphatic hydroxyl groups is 2. The normalized spacial score (nSPS) is 13.5. The molecular weight excluding hydrogens is 216 g/mol. The van der Waals surface area contributed by atoms with E-state index >= 15 is 0 Å². The van der Waals surface area contributed by atoms with E-state index in [0.717, 1.165) is 11.3 Å². The molecule has 1 aromatic rings. The van der Waals surface area contributed by atoms with Gasteiger partial charge in [0.25, 0.3) is 0 Å². The van der Waals surface area contributed by atoms with Gasteiger partial charge in [0.1, 0.15) is 11.4 Å². The molecule has 0 heterocycles. The van der Waals surface area contributed by atoms with Crippen molar-refractivity contribution in [3.05, 3.63) is 29.8 Å². The summed E-state index contributed by atoms with van der Waals surface area (Å²) in [5, 5.41) is 18.5. The molecule has 0 spiro atoms. The number of benzene rings is 1. The smallest absolute Gasteiger partial charge is 0.120 e. The van der Waals surface area contributed by atoms with Crippen LogP contribution in [0.1, 0.15) is 45.3 Å². The Kier molecular flexibility index (Phi) is 4.97. The maximum absolute atomic E-state index is 9.82. The Hall–Kier alpha value is -1.06. The van der Waals surface area contributed by atoms with Crippen LogP contribution in [-0.4, -0.2) is 22.4 Å². The highest BCUT2D eigenvalue weighted by atomic mass is 16.5. The zero-order valence-corrected chi connectivity index (χ0v) is 10.8. The van der Waals surface area contributed by atoms with Crippen LogP contribution in [0.4, 0.5) is 0 Å². The van der Waals surface area contributed by atoms with Crippen molar-refractivity contribution >= 4 is 0 Å². The highest BCUT2D eigenvalue weighted by molar-refractivity contribution is 5.28. The molecule has 1 rings (SSSR count). The average Bonchev–Trinajstić information content (AvgIpc) is 2.24. The Morgan fingerprint density at radius 1 is 1.18 bits per heavy atom. The van der Waals surface area contributed by atoms with Gasteiger partial charge in [0, 0.05) is 6.61 Å². The lowest BCUT2D eigenvalue weighted by atomic mass is 10.0. The summed E-state index contributed by atoms with van der Waals surface area (Å²) < 4.78 is 5.70. The second-order valence-corrected chi connectivity index (χ2v) is 5.17. The Morgan fingerprint density at radius 3 is 2.24 bits per heavy atom. The van der Waals surface area contributed by atoms with E-state index in [0.29, 0.717) is 12.8 Å². The van der Waals surface area contributed by atoms with Crippen LogP contribution in [0, 0.1) is 0 Å². The standard InChI is InChI=1S/C14H22O3/c1-14(2,3)17-12-8-6-11(7-9-12)13(16)5-4-10-15/h6-9,13,15-16H,4-5,10H2,1-3H3. The second-order valence-electron chi connectivity index (χ2n) is 5.17. The first-order chi connectivity index (χ1) is 7.92. The molecule has 17 heavy (non-hydrogen) atoms. The van der Waals surface area contributed by atoms with Crippen molar-refractivity contribution in [1.29, 1.82) is 0 Å². The first-order valence-electron chi connectivity index (χ1n) is 6.00. The molecule has 0 aliphatic rings. The zero-order valence-electron chi connectivity index (χ0n) is 10.8. The van der Waals surface area contributed by atoms with Crippen molar-refractivity contribution in [3.8, 4) is 5.75 Å². The van der Waals surface area contributed by atoms with Crippen LogP contribution in [-0.2, 0) is 0 Å². The lowest BCUT2D eigenvalue weighted by Gasteiger charge is -2.21. The SMILES string of the molecule is CC(C)(C)Oc1ccc(C(O)CCCO)cc1. The van der Waals surface area contributed by atoms with Crippen LogP contribution in [0.3, 0.4) is 0 Å². The van der Waals surface area contributed by atoms with Gasteiger partial charge in [-0.1, -0.05) is 12.1 Å². The molecule has 0 saturated carbocycles. The molecule has 96 valence electrons. The maximum atomic E-state index is 9.82. The Morgan fingerprint density at radius 2 is 1.76 bits per heavy atom. The molecule has 0 fully saturated rings. The number of rotatable bonds is 5. The topological polar surface area (TPSA) is 49.7 Å². The highest BCUT2D eigenvalue weighted by Crippen LogP contribution is 2.23. The fourth-order valence-electron chi connectivity index (χ4n) is 1.56. The van der Waals surface area contributed by atoms with Crippen molar-refractivity contribution in [2.75, 3.05) is 6.61 Å². The minimum atomic E-state index is -0.508. The Bertz CT molecular complexity index is 324. The van der Waals surface area contributed by atoms with Crippen LogP contribution in [0.25, 0.3) is 0 Å². The molecule has 0 saturated heterocycles. The minimum Gasteiger partial charge on any atom is -0.488 e. The summed E-state index contributed by atoms with van der Waals surface area (Å²) in [6.07, 6.45) is 0.683. The molecule has 0 aromatic heterocycles.